The molecule has 1 saturated heterocycles. The Labute approximate surface area is 206 Å². The van der Waals surface area contributed by atoms with Gasteiger partial charge in [-0.05, 0) is 62.5 Å². The number of carbonyl (C=O) groups excluding carboxylic acids is 3. The lowest BCUT2D eigenvalue weighted by molar-refractivity contribution is -0.120. The van der Waals surface area contributed by atoms with Gasteiger partial charge in [0, 0.05) is 18.0 Å². The molecule has 0 radical (unpaired) electrons. The molecule has 0 spiro atoms. The Bertz CT molecular complexity index is 1170. The number of nitrogens with one attached hydrogen (secondary N) is 2. The van der Waals surface area contributed by atoms with Gasteiger partial charge in [-0.2, -0.15) is 4.31 Å². The smallest absolute Gasteiger partial charge is 0.414 e. The van der Waals surface area contributed by atoms with Crippen LogP contribution in [0.15, 0.2) is 21.7 Å². The molecule has 184 valence electrons. The van der Waals surface area contributed by atoms with Gasteiger partial charge in [-0.3, -0.25) is 14.9 Å². The van der Waals surface area contributed by atoms with Crippen LogP contribution in [0.3, 0.4) is 0 Å². The zero-order valence-electron chi connectivity index (χ0n) is 18.8. The zero-order valence-corrected chi connectivity index (χ0v) is 21.2. The van der Waals surface area contributed by atoms with Crippen molar-refractivity contribution < 1.29 is 27.5 Å². The van der Waals surface area contributed by atoms with E-state index in [-0.39, 0.29) is 23.3 Å². The number of carbonyl (C=O) groups is 3. The maximum atomic E-state index is 13.2. The second kappa shape index (κ2) is 10.5. The fourth-order valence-corrected chi connectivity index (χ4v) is 8.30. The van der Waals surface area contributed by atoms with E-state index >= 15 is 0 Å². The number of hydrogen-bond donors (Lipinski definition) is 2. The minimum absolute atomic E-state index is 0.0848. The van der Waals surface area contributed by atoms with Crippen LogP contribution in [0, 0.1) is 5.92 Å². The van der Waals surface area contributed by atoms with E-state index in [4.69, 9.17) is 4.74 Å². The maximum absolute atomic E-state index is 13.2. The molecular formula is C22H27N3O6S3. The second-order valence-corrected chi connectivity index (χ2v) is 12.4. The first-order valence-corrected chi connectivity index (χ1v) is 14.4. The first kappa shape index (κ1) is 24.8. The van der Waals surface area contributed by atoms with Crippen molar-refractivity contribution >= 4 is 55.6 Å². The summed E-state index contributed by atoms with van der Waals surface area (Å²) in [5, 5.41) is 7.23. The van der Waals surface area contributed by atoms with Crippen molar-refractivity contribution in [2.45, 2.75) is 49.7 Å². The lowest BCUT2D eigenvalue weighted by Crippen LogP contribution is -2.43. The van der Waals surface area contributed by atoms with Crippen LogP contribution in [-0.2, 0) is 32.4 Å². The van der Waals surface area contributed by atoms with E-state index < -0.39 is 27.9 Å². The van der Waals surface area contributed by atoms with Gasteiger partial charge in [-0.25, -0.2) is 13.2 Å². The van der Waals surface area contributed by atoms with E-state index in [1.54, 1.807) is 24.4 Å². The highest BCUT2D eigenvalue weighted by atomic mass is 32.2. The molecule has 1 aliphatic carbocycles. The fraction of sp³-hybridized carbons (Fsp3) is 0.500. The Kier molecular flexibility index (Phi) is 7.70. The number of alkyl carbamates (subject to hydrolysis) is 1. The number of rotatable bonds is 6. The number of aryl methyl sites for hydroxylation is 1. The monoisotopic (exact) mass is 525 g/mol. The molecule has 0 bridgehead atoms. The van der Waals surface area contributed by atoms with E-state index in [2.05, 4.69) is 10.6 Å². The molecule has 3 heterocycles. The second-order valence-electron chi connectivity index (χ2n) is 8.21. The van der Waals surface area contributed by atoms with Gasteiger partial charge in [0.05, 0.1) is 18.1 Å². The van der Waals surface area contributed by atoms with Gasteiger partial charge in [-0.1, -0.05) is 6.07 Å². The Balaban J connectivity index is 1.53. The molecule has 0 saturated carbocycles. The zero-order chi connectivity index (χ0) is 24.3. The molecule has 4 rings (SSSR count). The van der Waals surface area contributed by atoms with Crippen LogP contribution < -0.4 is 10.6 Å². The molecule has 34 heavy (non-hydrogen) atoms. The number of amides is 3. The number of imide groups is 1. The summed E-state index contributed by atoms with van der Waals surface area (Å²) in [6, 6.07) is 3.25. The van der Waals surface area contributed by atoms with Crippen LogP contribution in [0.1, 0.15) is 53.4 Å². The molecule has 3 amide bonds. The average molecular weight is 526 g/mol. The summed E-state index contributed by atoms with van der Waals surface area (Å²) in [6.07, 6.45) is 3.72. The number of sulfonamides is 1. The quantitative estimate of drug-likeness (QED) is 0.594. The van der Waals surface area contributed by atoms with Crippen molar-refractivity contribution in [1.82, 2.24) is 9.62 Å². The number of nitrogens with zero attached hydrogens (tertiary/aromatic N) is 1. The molecule has 2 aromatic heterocycles. The highest BCUT2D eigenvalue weighted by molar-refractivity contribution is 7.91. The number of anilines is 1. The summed E-state index contributed by atoms with van der Waals surface area (Å²) >= 11 is 2.51. The van der Waals surface area contributed by atoms with Crippen LogP contribution in [0.5, 0.6) is 0 Å². The summed E-state index contributed by atoms with van der Waals surface area (Å²) in [5.74, 6) is -1.46. The molecular weight excluding hydrogens is 498 g/mol. The molecule has 1 aliphatic heterocycles. The third-order valence-electron chi connectivity index (χ3n) is 5.97. The Morgan fingerprint density at radius 2 is 2.00 bits per heavy atom. The van der Waals surface area contributed by atoms with Crippen LogP contribution in [0.4, 0.5) is 9.80 Å². The van der Waals surface area contributed by atoms with E-state index in [1.807, 2.05) is 0 Å². The highest BCUT2D eigenvalue weighted by Gasteiger charge is 2.35. The van der Waals surface area contributed by atoms with Gasteiger partial charge in [0.25, 0.3) is 15.9 Å². The molecule has 2 aliphatic rings. The average Bonchev–Trinajstić information content (AvgIpc) is 3.48. The van der Waals surface area contributed by atoms with Gasteiger partial charge in [0.15, 0.2) is 0 Å². The standard InChI is InChI=1S/C22H27N3O6S3/c1-2-31-22(28)24-20(27)18-15-8-3-4-9-16(15)33-21(18)23-19(26)14-7-5-11-25(13-14)34(29,30)17-10-6-12-32-17/h6,10,12,14H,2-5,7-9,11,13H2,1H3,(H,23,26)(H,24,27,28). The predicted octanol–water partition coefficient (Wildman–Crippen LogP) is 3.61. The normalized spacial score (nSPS) is 18.7. The van der Waals surface area contributed by atoms with Gasteiger partial charge < -0.3 is 10.1 Å². The number of hydrogen-bond acceptors (Lipinski definition) is 8. The third-order valence-corrected chi connectivity index (χ3v) is 10.4. The summed E-state index contributed by atoms with van der Waals surface area (Å²) in [4.78, 5) is 39.0. The van der Waals surface area contributed by atoms with Crippen molar-refractivity contribution in [3.63, 3.8) is 0 Å². The fourth-order valence-electron chi connectivity index (χ4n) is 4.34. The van der Waals surface area contributed by atoms with E-state index in [0.29, 0.717) is 36.4 Å². The summed E-state index contributed by atoms with van der Waals surface area (Å²) in [6.45, 7) is 2.23. The maximum Gasteiger partial charge on any atom is 0.414 e. The summed E-state index contributed by atoms with van der Waals surface area (Å²) in [7, 11) is -3.64. The van der Waals surface area contributed by atoms with Crippen molar-refractivity contribution in [1.29, 1.82) is 0 Å². The van der Waals surface area contributed by atoms with E-state index in [1.165, 1.54) is 15.6 Å². The minimum atomic E-state index is -3.64. The van der Waals surface area contributed by atoms with Crippen LogP contribution in [-0.4, -0.2) is 50.3 Å². The first-order chi connectivity index (χ1) is 16.3. The molecule has 2 aromatic rings. The van der Waals surface area contributed by atoms with Crippen LogP contribution in [0.25, 0.3) is 0 Å². The summed E-state index contributed by atoms with van der Waals surface area (Å²) in [5.41, 5.74) is 1.17. The van der Waals surface area contributed by atoms with E-state index in [0.717, 1.165) is 41.0 Å². The molecule has 0 aromatic carbocycles. The van der Waals surface area contributed by atoms with Crippen LogP contribution in [0.2, 0.25) is 0 Å². The molecule has 9 nitrogen and oxygen atoms in total. The highest BCUT2D eigenvalue weighted by Crippen LogP contribution is 2.39. The van der Waals surface area contributed by atoms with Gasteiger partial charge in [0.2, 0.25) is 5.91 Å². The molecule has 1 unspecified atom stereocenters. The van der Waals surface area contributed by atoms with Crippen molar-refractivity contribution in [3.8, 4) is 0 Å². The largest absolute Gasteiger partial charge is 0.450 e. The Hall–Kier alpha value is -2.28. The molecule has 1 fully saturated rings. The van der Waals surface area contributed by atoms with E-state index in [9.17, 15) is 22.8 Å². The number of thiophene rings is 2. The van der Waals surface area contributed by atoms with Crippen molar-refractivity contribution in [3.05, 3.63) is 33.5 Å². The SMILES string of the molecule is CCOC(=O)NC(=O)c1c(NC(=O)C2CCCN(S(=O)(=O)c3cccs3)C2)sc2c1CCCC2. The molecule has 12 heteroatoms. The lowest BCUT2D eigenvalue weighted by atomic mass is 9.95. The van der Waals surface area contributed by atoms with Gasteiger partial charge in [-0.15, -0.1) is 22.7 Å². The minimum Gasteiger partial charge on any atom is -0.450 e. The third kappa shape index (κ3) is 5.19. The van der Waals surface area contributed by atoms with Gasteiger partial charge in [0.1, 0.15) is 9.21 Å². The molecule has 1 atom stereocenters. The Morgan fingerprint density at radius 1 is 1.21 bits per heavy atom. The van der Waals surface area contributed by atoms with Crippen LogP contribution >= 0.6 is 22.7 Å². The topological polar surface area (TPSA) is 122 Å². The number of piperidine rings is 1. The van der Waals surface area contributed by atoms with Crippen molar-refractivity contribution in [2.24, 2.45) is 5.92 Å². The predicted molar refractivity (Wildman–Crippen MR) is 130 cm³/mol. The lowest BCUT2D eigenvalue weighted by Gasteiger charge is -2.30. The van der Waals surface area contributed by atoms with Crippen molar-refractivity contribution in [2.75, 3.05) is 25.0 Å². The first-order valence-electron chi connectivity index (χ1n) is 11.3. The number of ether oxygens (including phenoxy) is 1. The Morgan fingerprint density at radius 3 is 2.74 bits per heavy atom. The molecule has 2 N–H and O–H groups in total. The summed E-state index contributed by atoms with van der Waals surface area (Å²) < 4.78 is 32.3. The van der Waals surface area contributed by atoms with Gasteiger partial charge >= 0.3 is 6.09 Å². The number of fused-ring (bicyclic) bond motifs is 1.